The normalized spacial score (nSPS) is 18.7. The van der Waals surface area contributed by atoms with E-state index in [0.29, 0.717) is 11.9 Å². The molecule has 1 fully saturated rings. The number of rotatable bonds is 5. The van der Waals surface area contributed by atoms with Crippen LogP contribution >= 0.6 is 0 Å². The fourth-order valence-corrected chi connectivity index (χ4v) is 4.48. The maximum atomic E-state index is 13.3. The Morgan fingerprint density at radius 3 is 2.71 bits per heavy atom. The second-order valence-electron chi connectivity index (χ2n) is 7.56. The van der Waals surface area contributed by atoms with Crippen molar-refractivity contribution in [1.82, 2.24) is 19.6 Å². The summed E-state index contributed by atoms with van der Waals surface area (Å²) >= 11 is 0. The van der Waals surface area contributed by atoms with E-state index >= 15 is 0 Å². The monoisotopic (exact) mass is 385 g/mol. The fourth-order valence-electron chi connectivity index (χ4n) is 4.48. The lowest BCUT2D eigenvalue weighted by atomic mass is 10.2. The lowest BCUT2D eigenvalue weighted by Crippen LogP contribution is -2.40. The molecule has 1 unspecified atom stereocenters. The number of likely N-dealkylation sites (N-methyl/N-ethyl adjacent to an activating group) is 1. The third kappa shape index (κ3) is 3.51. The summed E-state index contributed by atoms with van der Waals surface area (Å²) in [7, 11) is 0. The zero-order valence-corrected chi connectivity index (χ0v) is 16.6. The first kappa shape index (κ1) is 18.9. The van der Waals surface area contributed by atoms with E-state index in [1.807, 2.05) is 9.58 Å². The van der Waals surface area contributed by atoms with Gasteiger partial charge in [0, 0.05) is 30.4 Å². The number of anilines is 1. The molecule has 1 aromatic heterocycles. The zero-order valence-electron chi connectivity index (χ0n) is 16.6. The highest BCUT2D eigenvalue weighted by Crippen LogP contribution is 2.31. The fraction of sp³-hybridized carbons (Fsp3) is 0.524. The number of hydrogen-bond donors (Lipinski definition) is 1. The van der Waals surface area contributed by atoms with Crippen molar-refractivity contribution >= 4 is 11.8 Å². The number of nitrogens with zero attached hydrogens (tertiary/aromatic N) is 4. The summed E-state index contributed by atoms with van der Waals surface area (Å²) < 4.78 is 15.1. The predicted octanol–water partition coefficient (Wildman–Crippen LogP) is 3.45. The standard InChI is InChI=1S/C21H28FN5O/c1-3-25(4-2)17-12-13-26(14-17)21(28)23-20-18-6-5-7-19(18)27(24-20)16-10-8-15(22)9-11-16/h8-11,17H,3-7,12-14H2,1-2H3,(H,23,24,28). The number of likely N-dealkylation sites (tertiary alicyclic amines) is 1. The van der Waals surface area contributed by atoms with Crippen molar-refractivity contribution in [3.05, 3.63) is 41.3 Å². The van der Waals surface area contributed by atoms with Gasteiger partial charge in [-0.1, -0.05) is 13.8 Å². The molecule has 2 aromatic rings. The Morgan fingerprint density at radius 2 is 2.00 bits per heavy atom. The molecule has 1 atom stereocenters. The maximum Gasteiger partial charge on any atom is 0.323 e. The number of nitrogens with one attached hydrogen (secondary N) is 1. The van der Waals surface area contributed by atoms with E-state index < -0.39 is 0 Å². The lowest BCUT2D eigenvalue weighted by Gasteiger charge is -2.26. The molecule has 1 aliphatic carbocycles. The lowest BCUT2D eigenvalue weighted by molar-refractivity contribution is 0.202. The van der Waals surface area contributed by atoms with Crippen molar-refractivity contribution in [2.24, 2.45) is 0 Å². The molecule has 2 heterocycles. The van der Waals surface area contributed by atoms with Gasteiger partial charge in [-0.15, -0.1) is 5.10 Å². The van der Waals surface area contributed by atoms with Crippen LogP contribution in [0.1, 0.15) is 37.9 Å². The van der Waals surface area contributed by atoms with Gasteiger partial charge in [0.15, 0.2) is 5.82 Å². The average molecular weight is 385 g/mol. The summed E-state index contributed by atoms with van der Waals surface area (Å²) in [6.07, 6.45) is 3.89. The van der Waals surface area contributed by atoms with E-state index in [4.69, 9.17) is 0 Å². The number of carbonyl (C=O) groups excluding carboxylic acids is 1. The van der Waals surface area contributed by atoms with Gasteiger partial charge in [-0.2, -0.15) is 0 Å². The number of halogens is 1. The SMILES string of the molecule is CCN(CC)C1CCN(C(=O)Nc2nn(-c3ccc(F)cc3)c3c2CCC3)C1. The number of benzene rings is 1. The second-order valence-corrected chi connectivity index (χ2v) is 7.56. The van der Waals surface area contributed by atoms with Gasteiger partial charge in [0.1, 0.15) is 5.82 Å². The van der Waals surface area contributed by atoms with Gasteiger partial charge >= 0.3 is 6.03 Å². The van der Waals surface area contributed by atoms with Gasteiger partial charge in [0.25, 0.3) is 0 Å². The molecule has 1 aliphatic heterocycles. The van der Waals surface area contributed by atoms with E-state index in [1.54, 1.807) is 12.1 Å². The quantitative estimate of drug-likeness (QED) is 0.858. The number of hydrogen-bond acceptors (Lipinski definition) is 3. The molecule has 0 spiro atoms. The minimum absolute atomic E-state index is 0.0758. The molecule has 2 amide bonds. The van der Waals surface area contributed by atoms with Crippen LogP contribution < -0.4 is 5.32 Å². The largest absolute Gasteiger partial charge is 0.323 e. The van der Waals surface area contributed by atoms with Crippen LogP contribution in [0, 0.1) is 5.82 Å². The average Bonchev–Trinajstić information content (AvgIpc) is 3.42. The molecule has 0 radical (unpaired) electrons. The molecular formula is C21H28FN5O. The Balaban J connectivity index is 1.50. The number of aromatic nitrogens is 2. The van der Waals surface area contributed by atoms with Crippen LogP contribution in [-0.4, -0.2) is 57.8 Å². The molecule has 1 N–H and O–H groups in total. The van der Waals surface area contributed by atoms with Crippen LogP contribution in [-0.2, 0) is 12.8 Å². The molecule has 7 heteroatoms. The molecular weight excluding hydrogens is 357 g/mol. The Labute approximate surface area is 165 Å². The molecule has 4 rings (SSSR count). The van der Waals surface area contributed by atoms with Gasteiger partial charge < -0.3 is 4.90 Å². The summed E-state index contributed by atoms with van der Waals surface area (Å²) in [4.78, 5) is 17.1. The highest BCUT2D eigenvalue weighted by molar-refractivity contribution is 5.89. The molecule has 0 saturated carbocycles. The smallest absolute Gasteiger partial charge is 0.323 e. The summed E-state index contributed by atoms with van der Waals surface area (Å²) in [5.41, 5.74) is 3.05. The van der Waals surface area contributed by atoms with Crippen molar-refractivity contribution in [3.63, 3.8) is 0 Å². The van der Waals surface area contributed by atoms with Crippen molar-refractivity contribution in [2.75, 3.05) is 31.5 Å². The van der Waals surface area contributed by atoms with Crippen molar-refractivity contribution < 1.29 is 9.18 Å². The third-order valence-corrected chi connectivity index (χ3v) is 6.01. The zero-order chi connectivity index (χ0) is 19.7. The second kappa shape index (κ2) is 7.91. The molecule has 2 aliphatic rings. The molecule has 1 aromatic carbocycles. The van der Waals surface area contributed by atoms with Gasteiger partial charge in [-0.3, -0.25) is 10.2 Å². The number of amides is 2. The van der Waals surface area contributed by atoms with Crippen LogP contribution in [0.15, 0.2) is 24.3 Å². The van der Waals surface area contributed by atoms with Crippen molar-refractivity contribution in [2.45, 2.75) is 45.6 Å². The third-order valence-electron chi connectivity index (χ3n) is 6.01. The summed E-state index contributed by atoms with van der Waals surface area (Å²) in [6, 6.07) is 6.68. The first-order valence-electron chi connectivity index (χ1n) is 10.3. The highest BCUT2D eigenvalue weighted by atomic mass is 19.1. The molecule has 28 heavy (non-hydrogen) atoms. The van der Waals surface area contributed by atoms with E-state index in [-0.39, 0.29) is 11.8 Å². The van der Waals surface area contributed by atoms with Crippen LogP contribution in [0.2, 0.25) is 0 Å². The molecule has 150 valence electrons. The minimum Gasteiger partial charge on any atom is -0.323 e. The topological polar surface area (TPSA) is 53.4 Å². The summed E-state index contributed by atoms with van der Waals surface area (Å²) in [6.45, 7) is 7.87. The van der Waals surface area contributed by atoms with Crippen LogP contribution in [0.25, 0.3) is 5.69 Å². The Hall–Kier alpha value is -2.41. The van der Waals surface area contributed by atoms with Crippen molar-refractivity contribution in [1.29, 1.82) is 0 Å². The summed E-state index contributed by atoms with van der Waals surface area (Å²) in [5, 5.41) is 7.70. The molecule has 6 nitrogen and oxygen atoms in total. The van der Waals surface area contributed by atoms with E-state index in [9.17, 15) is 9.18 Å². The van der Waals surface area contributed by atoms with Crippen LogP contribution in [0.5, 0.6) is 0 Å². The van der Waals surface area contributed by atoms with E-state index in [0.717, 1.165) is 68.8 Å². The first-order chi connectivity index (χ1) is 13.6. The van der Waals surface area contributed by atoms with Crippen LogP contribution in [0.4, 0.5) is 15.0 Å². The highest BCUT2D eigenvalue weighted by Gasteiger charge is 2.31. The van der Waals surface area contributed by atoms with Crippen molar-refractivity contribution in [3.8, 4) is 5.69 Å². The van der Waals surface area contributed by atoms with E-state index in [1.165, 1.54) is 12.1 Å². The van der Waals surface area contributed by atoms with E-state index in [2.05, 4.69) is 29.2 Å². The number of carbonyl (C=O) groups is 1. The Morgan fingerprint density at radius 1 is 1.25 bits per heavy atom. The van der Waals surface area contributed by atoms with Gasteiger partial charge in [0.05, 0.1) is 5.69 Å². The molecule has 1 saturated heterocycles. The Bertz CT molecular complexity index is 843. The van der Waals surface area contributed by atoms with Gasteiger partial charge in [0.2, 0.25) is 0 Å². The predicted molar refractivity (Wildman–Crippen MR) is 107 cm³/mol. The van der Waals surface area contributed by atoms with Gasteiger partial charge in [-0.05, 0) is 63.0 Å². The number of fused-ring (bicyclic) bond motifs is 1. The first-order valence-corrected chi connectivity index (χ1v) is 10.3. The van der Waals surface area contributed by atoms with Crippen LogP contribution in [0.3, 0.4) is 0 Å². The maximum absolute atomic E-state index is 13.3. The molecule has 0 bridgehead atoms. The minimum atomic E-state index is -0.266. The number of urea groups is 1. The summed E-state index contributed by atoms with van der Waals surface area (Å²) in [5.74, 6) is 0.381. The Kier molecular flexibility index (Phi) is 5.35. The van der Waals surface area contributed by atoms with Gasteiger partial charge in [-0.25, -0.2) is 13.9 Å².